The molecule has 27 heavy (non-hydrogen) atoms. The van der Waals surface area contributed by atoms with E-state index in [-0.39, 0.29) is 24.5 Å². The second-order valence-corrected chi connectivity index (χ2v) is 7.84. The molecule has 1 aromatic carbocycles. The minimum absolute atomic E-state index is 0.0180. The van der Waals surface area contributed by atoms with Gasteiger partial charge in [0.2, 0.25) is 18.6 Å². The van der Waals surface area contributed by atoms with Gasteiger partial charge in [-0.15, -0.1) is 0 Å². The first-order valence-electron chi connectivity index (χ1n) is 10.2. The monoisotopic (exact) mass is 372 g/mol. The molecule has 4 rings (SSSR count). The molecule has 0 radical (unpaired) electrons. The van der Waals surface area contributed by atoms with Crippen LogP contribution in [0.4, 0.5) is 0 Å². The Morgan fingerprint density at radius 3 is 2.44 bits per heavy atom. The molecular weight excluding hydrogens is 344 g/mol. The molecule has 0 aromatic heterocycles. The van der Waals surface area contributed by atoms with Gasteiger partial charge in [0.15, 0.2) is 11.5 Å². The van der Waals surface area contributed by atoms with Crippen LogP contribution in [0.2, 0.25) is 0 Å². The summed E-state index contributed by atoms with van der Waals surface area (Å²) >= 11 is 0. The summed E-state index contributed by atoms with van der Waals surface area (Å²) in [6, 6.07) is 5.74. The highest BCUT2D eigenvalue weighted by Crippen LogP contribution is 2.33. The minimum Gasteiger partial charge on any atom is -0.454 e. The maximum atomic E-state index is 12.6. The van der Waals surface area contributed by atoms with E-state index in [1.165, 1.54) is 6.42 Å². The van der Waals surface area contributed by atoms with Crippen LogP contribution in [0, 0.1) is 11.8 Å². The molecule has 1 aromatic rings. The van der Waals surface area contributed by atoms with Crippen molar-refractivity contribution in [2.75, 3.05) is 19.9 Å². The van der Waals surface area contributed by atoms with Crippen molar-refractivity contribution in [2.45, 2.75) is 51.5 Å². The maximum Gasteiger partial charge on any atom is 0.231 e. The Morgan fingerprint density at radius 2 is 1.67 bits per heavy atom. The van der Waals surface area contributed by atoms with Crippen LogP contribution in [-0.4, -0.2) is 36.6 Å². The number of amides is 2. The van der Waals surface area contributed by atoms with Crippen LogP contribution < -0.4 is 14.8 Å². The zero-order valence-corrected chi connectivity index (χ0v) is 15.7. The van der Waals surface area contributed by atoms with Crippen LogP contribution in [0.25, 0.3) is 0 Å². The summed E-state index contributed by atoms with van der Waals surface area (Å²) in [5.41, 5.74) is 1.00. The van der Waals surface area contributed by atoms with Crippen LogP contribution in [0.1, 0.15) is 50.5 Å². The number of piperidine rings is 1. The Balaban J connectivity index is 1.23. The number of nitrogens with zero attached hydrogens (tertiary/aromatic N) is 1. The number of benzene rings is 1. The van der Waals surface area contributed by atoms with E-state index in [2.05, 4.69) is 5.32 Å². The Bertz CT molecular complexity index is 691. The van der Waals surface area contributed by atoms with Crippen LogP contribution in [0.3, 0.4) is 0 Å². The molecule has 0 bridgehead atoms. The first-order chi connectivity index (χ1) is 13.2. The number of fused-ring (bicyclic) bond motifs is 1. The zero-order valence-electron chi connectivity index (χ0n) is 15.7. The van der Waals surface area contributed by atoms with E-state index in [1.54, 1.807) is 0 Å². The van der Waals surface area contributed by atoms with E-state index in [4.69, 9.17) is 9.47 Å². The number of hydrogen-bond donors (Lipinski definition) is 1. The average molecular weight is 372 g/mol. The van der Waals surface area contributed by atoms with E-state index in [1.807, 2.05) is 23.1 Å². The predicted molar refractivity (Wildman–Crippen MR) is 100 cm³/mol. The summed E-state index contributed by atoms with van der Waals surface area (Å²) in [5, 5.41) is 3.04. The lowest BCUT2D eigenvalue weighted by Gasteiger charge is -2.33. The molecule has 146 valence electrons. The van der Waals surface area contributed by atoms with Gasteiger partial charge in [0.05, 0.1) is 0 Å². The Hall–Kier alpha value is -2.24. The van der Waals surface area contributed by atoms with Crippen molar-refractivity contribution < 1.29 is 19.1 Å². The summed E-state index contributed by atoms with van der Waals surface area (Å²) in [4.78, 5) is 27.2. The molecule has 0 spiro atoms. The van der Waals surface area contributed by atoms with Gasteiger partial charge in [0, 0.05) is 31.5 Å². The molecule has 1 aliphatic carbocycles. The fourth-order valence-corrected chi connectivity index (χ4v) is 4.36. The highest BCUT2D eigenvalue weighted by molar-refractivity contribution is 5.81. The number of carbonyl (C=O) groups is 2. The summed E-state index contributed by atoms with van der Waals surface area (Å²) in [6.45, 7) is 2.57. The van der Waals surface area contributed by atoms with Crippen molar-refractivity contribution in [3.8, 4) is 11.5 Å². The standard InChI is InChI=1S/C21H28N2O4/c24-20(22-13-15-4-9-18-19(12-15)27-14-26-18)16-5-7-17(8-6-16)21(25)23-10-2-1-3-11-23/h4,9,12,16-17H,1-3,5-8,10-11,13-14H2,(H,22,24). The fourth-order valence-electron chi connectivity index (χ4n) is 4.36. The van der Waals surface area contributed by atoms with Gasteiger partial charge in [-0.1, -0.05) is 6.07 Å². The highest BCUT2D eigenvalue weighted by atomic mass is 16.7. The van der Waals surface area contributed by atoms with E-state index in [0.717, 1.165) is 68.7 Å². The van der Waals surface area contributed by atoms with Gasteiger partial charge < -0.3 is 19.7 Å². The van der Waals surface area contributed by atoms with Crippen LogP contribution in [0.15, 0.2) is 18.2 Å². The van der Waals surface area contributed by atoms with Crippen molar-refractivity contribution in [3.05, 3.63) is 23.8 Å². The van der Waals surface area contributed by atoms with Crippen molar-refractivity contribution in [2.24, 2.45) is 11.8 Å². The summed E-state index contributed by atoms with van der Waals surface area (Å²) in [7, 11) is 0. The number of nitrogens with one attached hydrogen (secondary N) is 1. The zero-order chi connectivity index (χ0) is 18.6. The van der Waals surface area contributed by atoms with Gasteiger partial charge >= 0.3 is 0 Å². The van der Waals surface area contributed by atoms with Crippen molar-refractivity contribution in [1.82, 2.24) is 10.2 Å². The molecular formula is C21H28N2O4. The van der Waals surface area contributed by atoms with Crippen molar-refractivity contribution in [1.29, 1.82) is 0 Å². The second-order valence-electron chi connectivity index (χ2n) is 7.84. The number of hydrogen-bond acceptors (Lipinski definition) is 4. The molecule has 6 nitrogen and oxygen atoms in total. The van der Waals surface area contributed by atoms with E-state index in [0.29, 0.717) is 12.5 Å². The highest BCUT2D eigenvalue weighted by Gasteiger charge is 2.32. The van der Waals surface area contributed by atoms with Gasteiger partial charge in [-0.3, -0.25) is 9.59 Å². The fraction of sp³-hybridized carbons (Fsp3) is 0.619. The lowest BCUT2D eigenvalue weighted by molar-refractivity contribution is -0.139. The van der Waals surface area contributed by atoms with Gasteiger partial charge in [-0.25, -0.2) is 0 Å². The number of likely N-dealkylation sites (tertiary alicyclic amines) is 1. The van der Waals surface area contributed by atoms with E-state index < -0.39 is 0 Å². The molecule has 1 N–H and O–H groups in total. The van der Waals surface area contributed by atoms with Crippen LogP contribution in [0.5, 0.6) is 11.5 Å². The van der Waals surface area contributed by atoms with Crippen molar-refractivity contribution in [3.63, 3.8) is 0 Å². The number of rotatable bonds is 4. The molecule has 2 aliphatic heterocycles. The molecule has 2 heterocycles. The first kappa shape index (κ1) is 18.1. The molecule has 6 heteroatoms. The third-order valence-electron chi connectivity index (χ3n) is 6.02. The molecule has 3 aliphatic rings. The average Bonchev–Trinajstić information content (AvgIpc) is 3.20. The summed E-state index contributed by atoms with van der Waals surface area (Å²) in [5.74, 6) is 2.02. The van der Waals surface area contributed by atoms with Gasteiger partial charge in [0.25, 0.3) is 0 Å². The Labute approximate surface area is 160 Å². The topological polar surface area (TPSA) is 67.9 Å². The second kappa shape index (κ2) is 8.19. The molecule has 0 unspecified atom stereocenters. The van der Waals surface area contributed by atoms with Crippen LogP contribution in [-0.2, 0) is 16.1 Å². The lowest BCUT2D eigenvalue weighted by Crippen LogP contribution is -2.42. The maximum absolute atomic E-state index is 12.6. The summed E-state index contributed by atoms with van der Waals surface area (Å²) < 4.78 is 10.7. The summed E-state index contributed by atoms with van der Waals surface area (Å²) in [6.07, 6.45) is 6.76. The smallest absolute Gasteiger partial charge is 0.231 e. The molecule has 2 fully saturated rings. The third-order valence-corrected chi connectivity index (χ3v) is 6.02. The van der Waals surface area contributed by atoms with Gasteiger partial charge in [0.1, 0.15) is 0 Å². The largest absolute Gasteiger partial charge is 0.454 e. The van der Waals surface area contributed by atoms with E-state index in [9.17, 15) is 9.59 Å². The molecule has 1 saturated heterocycles. The van der Waals surface area contributed by atoms with E-state index >= 15 is 0 Å². The first-order valence-corrected chi connectivity index (χ1v) is 10.2. The Morgan fingerprint density at radius 1 is 0.963 bits per heavy atom. The number of ether oxygens (including phenoxy) is 2. The number of carbonyl (C=O) groups excluding carboxylic acids is 2. The SMILES string of the molecule is O=C(NCc1ccc2c(c1)OCO2)C1CCC(C(=O)N2CCCCC2)CC1. The molecule has 0 atom stereocenters. The lowest BCUT2D eigenvalue weighted by atomic mass is 9.80. The van der Waals surface area contributed by atoms with Gasteiger partial charge in [-0.05, 0) is 62.6 Å². The minimum atomic E-state index is 0.0180. The molecule has 2 amide bonds. The van der Waals surface area contributed by atoms with Crippen LogP contribution >= 0.6 is 0 Å². The third kappa shape index (κ3) is 4.20. The predicted octanol–water partition coefficient (Wildman–Crippen LogP) is 2.85. The molecule has 1 saturated carbocycles. The quantitative estimate of drug-likeness (QED) is 0.882. The van der Waals surface area contributed by atoms with Crippen molar-refractivity contribution >= 4 is 11.8 Å². The normalized spacial score (nSPS) is 24.5. The Kier molecular flexibility index (Phi) is 5.50. The van der Waals surface area contributed by atoms with Gasteiger partial charge in [-0.2, -0.15) is 0 Å².